The van der Waals surface area contributed by atoms with E-state index in [1.807, 2.05) is 6.07 Å². The summed E-state index contributed by atoms with van der Waals surface area (Å²) in [5, 5.41) is 3.37. The molecule has 1 aliphatic rings. The van der Waals surface area contributed by atoms with Gasteiger partial charge in [-0.05, 0) is 36.5 Å². The molecular weight excluding hydrogens is 281 g/mol. The highest BCUT2D eigenvalue weighted by Crippen LogP contribution is 2.16. The number of hydrogen-bond acceptors (Lipinski definition) is 2. The zero-order chi connectivity index (χ0) is 15.9. The van der Waals surface area contributed by atoms with Gasteiger partial charge in [0, 0.05) is 39.4 Å². The van der Waals surface area contributed by atoms with Crippen molar-refractivity contribution in [3.8, 4) is 0 Å². The maximum Gasteiger partial charge on any atom is 0.193 e. The summed E-state index contributed by atoms with van der Waals surface area (Å²) in [6, 6.07) is 5.14. The molecule has 2 rings (SSSR count). The van der Waals surface area contributed by atoms with E-state index in [0.717, 1.165) is 30.5 Å². The fourth-order valence-corrected chi connectivity index (χ4v) is 2.74. The minimum absolute atomic E-state index is 0.222. The van der Waals surface area contributed by atoms with Gasteiger partial charge in [0.05, 0.1) is 6.61 Å². The van der Waals surface area contributed by atoms with Gasteiger partial charge < -0.3 is 15.0 Å². The molecule has 0 bridgehead atoms. The van der Waals surface area contributed by atoms with E-state index in [-0.39, 0.29) is 5.82 Å². The Balaban J connectivity index is 1.94. The molecule has 0 aromatic heterocycles. The normalized spacial score (nSPS) is 16.9. The lowest BCUT2D eigenvalue weighted by molar-refractivity contribution is 0.181. The first-order valence-electron chi connectivity index (χ1n) is 7.86. The molecule has 1 aromatic rings. The number of guanidine groups is 1. The van der Waals surface area contributed by atoms with Crippen LogP contribution in [0.2, 0.25) is 0 Å². The number of methoxy groups -OCH3 is 1. The highest BCUT2D eigenvalue weighted by molar-refractivity contribution is 5.79. The second-order valence-electron chi connectivity index (χ2n) is 5.93. The average Bonchev–Trinajstić information content (AvgIpc) is 2.52. The third-order valence-corrected chi connectivity index (χ3v) is 4.16. The summed E-state index contributed by atoms with van der Waals surface area (Å²) in [4.78, 5) is 6.65. The number of ether oxygens (including phenoxy) is 1. The average molecular weight is 307 g/mol. The first-order chi connectivity index (χ1) is 10.6. The minimum Gasteiger partial charge on any atom is -0.380 e. The van der Waals surface area contributed by atoms with Gasteiger partial charge in [-0.25, -0.2) is 4.39 Å². The quantitative estimate of drug-likeness (QED) is 0.686. The van der Waals surface area contributed by atoms with Crippen LogP contribution in [0.15, 0.2) is 23.2 Å². The van der Waals surface area contributed by atoms with Crippen LogP contribution in [0.25, 0.3) is 0 Å². The second kappa shape index (κ2) is 8.13. The number of likely N-dealkylation sites (tertiary alicyclic amines) is 1. The Hall–Kier alpha value is -1.62. The third-order valence-electron chi connectivity index (χ3n) is 4.16. The van der Waals surface area contributed by atoms with E-state index in [9.17, 15) is 4.39 Å². The van der Waals surface area contributed by atoms with Crippen molar-refractivity contribution in [2.24, 2.45) is 10.9 Å². The molecule has 1 N–H and O–H groups in total. The lowest BCUT2D eigenvalue weighted by Crippen LogP contribution is -2.45. The molecule has 0 amide bonds. The first kappa shape index (κ1) is 16.7. The highest BCUT2D eigenvalue weighted by Gasteiger charge is 2.18. The lowest BCUT2D eigenvalue weighted by Gasteiger charge is -2.33. The summed E-state index contributed by atoms with van der Waals surface area (Å²) in [7, 11) is 3.38. The summed E-state index contributed by atoms with van der Waals surface area (Å²) in [6.07, 6.45) is 2.41. The molecule has 0 spiro atoms. The van der Waals surface area contributed by atoms with Crippen molar-refractivity contribution in [3.05, 3.63) is 35.1 Å². The van der Waals surface area contributed by atoms with E-state index in [2.05, 4.69) is 22.1 Å². The molecule has 22 heavy (non-hydrogen) atoms. The summed E-state index contributed by atoms with van der Waals surface area (Å²) in [6.45, 7) is 5.30. The number of benzene rings is 1. The molecule has 1 aromatic carbocycles. The van der Waals surface area contributed by atoms with Gasteiger partial charge in [0.15, 0.2) is 5.96 Å². The molecule has 1 fully saturated rings. The van der Waals surface area contributed by atoms with Crippen LogP contribution in [0.5, 0.6) is 0 Å². The second-order valence-corrected chi connectivity index (χ2v) is 5.93. The van der Waals surface area contributed by atoms with Gasteiger partial charge in [0.1, 0.15) is 5.82 Å². The van der Waals surface area contributed by atoms with Gasteiger partial charge in [0.25, 0.3) is 0 Å². The molecule has 122 valence electrons. The molecular formula is C17H26FN3O. The Morgan fingerprint density at radius 3 is 2.77 bits per heavy atom. The van der Waals surface area contributed by atoms with Crippen LogP contribution in [0.4, 0.5) is 4.39 Å². The zero-order valence-corrected chi connectivity index (χ0v) is 13.7. The predicted octanol–water partition coefficient (Wildman–Crippen LogP) is 2.78. The fraction of sp³-hybridized carbons (Fsp3) is 0.588. The largest absolute Gasteiger partial charge is 0.380 e. The minimum atomic E-state index is -0.222. The van der Waals surface area contributed by atoms with Crippen LogP contribution in [0, 0.1) is 11.7 Å². The molecule has 0 unspecified atom stereocenters. The van der Waals surface area contributed by atoms with Crippen LogP contribution >= 0.6 is 0 Å². The topological polar surface area (TPSA) is 36.9 Å². The third kappa shape index (κ3) is 4.44. The monoisotopic (exact) mass is 307 g/mol. The molecule has 0 radical (unpaired) electrons. The van der Waals surface area contributed by atoms with Crippen molar-refractivity contribution < 1.29 is 9.13 Å². The molecule has 1 saturated heterocycles. The van der Waals surface area contributed by atoms with Gasteiger partial charge in [-0.2, -0.15) is 0 Å². The molecule has 0 saturated carbocycles. The summed E-state index contributed by atoms with van der Waals surface area (Å²) in [5.41, 5.74) is 1.61. The zero-order valence-electron chi connectivity index (χ0n) is 13.7. The van der Waals surface area contributed by atoms with E-state index >= 15 is 0 Å². The first-order valence-corrected chi connectivity index (χ1v) is 7.86. The number of rotatable bonds is 4. The molecule has 0 aliphatic carbocycles. The summed E-state index contributed by atoms with van der Waals surface area (Å²) in [5.74, 6) is 1.49. The number of hydrogen-bond donors (Lipinski definition) is 1. The molecule has 5 heteroatoms. The number of nitrogens with one attached hydrogen (secondary N) is 1. The van der Waals surface area contributed by atoms with Crippen LogP contribution in [-0.2, 0) is 17.9 Å². The van der Waals surface area contributed by atoms with Crippen LogP contribution in [0.3, 0.4) is 0 Å². The summed E-state index contributed by atoms with van der Waals surface area (Å²) >= 11 is 0. The van der Waals surface area contributed by atoms with Crippen molar-refractivity contribution in [3.63, 3.8) is 0 Å². The Labute approximate surface area is 132 Å². The van der Waals surface area contributed by atoms with Crippen LogP contribution < -0.4 is 5.32 Å². The van der Waals surface area contributed by atoms with Crippen LogP contribution in [0.1, 0.15) is 30.9 Å². The van der Waals surface area contributed by atoms with E-state index < -0.39 is 0 Å². The maximum atomic E-state index is 13.6. The number of aliphatic imine (C=N–C) groups is 1. The van der Waals surface area contributed by atoms with Crippen molar-refractivity contribution in [1.82, 2.24) is 10.2 Å². The predicted molar refractivity (Wildman–Crippen MR) is 87.3 cm³/mol. The van der Waals surface area contributed by atoms with Gasteiger partial charge in [-0.15, -0.1) is 0 Å². The van der Waals surface area contributed by atoms with Crippen molar-refractivity contribution >= 4 is 5.96 Å². The van der Waals surface area contributed by atoms with Crippen LogP contribution in [-0.4, -0.2) is 38.1 Å². The highest BCUT2D eigenvalue weighted by atomic mass is 19.1. The van der Waals surface area contributed by atoms with Crippen molar-refractivity contribution in [1.29, 1.82) is 0 Å². The molecule has 4 nitrogen and oxygen atoms in total. The van der Waals surface area contributed by atoms with E-state index in [4.69, 9.17) is 4.74 Å². The molecule has 1 aliphatic heterocycles. The number of piperidine rings is 1. The smallest absolute Gasteiger partial charge is 0.193 e. The Morgan fingerprint density at radius 1 is 1.41 bits per heavy atom. The Kier molecular flexibility index (Phi) is 6.19. The Bertz CT molecular complexity index is 511. The number of halogens is 1. The van der Waals surface area contributed by atoms with Gasteiger partial charge in [-0.1, -0.05) is 13.0 Å². The van der Waals surface area contributed by atoms with E-state index in [0.29, 0.717) is 18.7 Å². The van der Waals surface area contributed by atoms with Crippen molar-refractivity contribution in [2.45, 2.75) is 32.9 Å². The molecule has 1 heterocycles. The Morgan fingerprint density at radius 2 is 2.14 bits per heavy atom. The molecule has 0 atom stereocenters. The van der Waals surface area contributed by atoms with E-state index in [1.54, 1.807) is 20.2 Å². The van der Waals surface area contributed by atoms with Gasteiger partial charge in [0.2, 0.25) is 0 Å². The lowest BCUT2D eigenvalue weighted by atomic mass is 9.99. The fourth-order valence-electron chi connectivity index (χ4n) is 2.74. The van der Waals surface area contributed by atoms with Crippen molar-refractivity contribution in [2.75, 3.05) is 27.2 Å². The standard InChI is InChI=1S/C17H26FN3O/c1-13-6-8-21(9-7-13)17(19-2)20-11-14-4-5-16(18)15(10-14)12-22-3/h4-5,10,13H,6-9,11-12H2,1-3H3,(H,19,20). The number of nitrogens with zero attached hydrogens (tertiary/aromatic N) is 2. The summed E-state index contributed by atoms with van der Waals surface area (Å²) < 4.78 is 18.6. The van der Waals surface area contributed by atoms with E-state index in [1.165, 1.54) is 18.9 Å². The van der Waals surface area contributed by atoms with Gasteiger partial charge >= 0.3 is 0 Å². The maximum absolute atomic E-state index is 13.6. The SMILES string of the molecule is CN=C(NCc1ccc(F)c(COC)c1)N1CCC(C)CC1. The van der Waals surface area contributed by atoms with Gasteiger partial charge in [-0.3, -0.25) is 4.99 Å².